The van der Waals surface area contributed by atoms with E-state index in [1.165, 1.54) is 12.7 Å². The first-order valence-electron chi connectivity index (χ1n) is 12.4. The SMILES string of the molecule is COc1ccccc1-c1noc(OC(=O)NCC(=O)NC2CCC(C(c3ccccc3)N(C)C)CC2)n1. The summed E-state index contributed by atoms with van der Waals surface area (Å²) in [4.78, 5) is 30.9. The maximum atomic E-state index is 12.4. The predicted octanol–water partition coefficient (Wildman–Crippen LogP) is 3.81. The van der Waals surface area contributed by atoms with Crippen molar-refractivity contribution in [3.8, 4) is 23.2 Å². The van der Waals surface area contributed by atoms with Crippen LogP contribution in [0.3, 0.4) is 0 Å². The number of hydrogen-bond donors (Lipinski definition) is 2. The van der Waals surface area contributed by atoms with Crippen molar-refractivity contribution >= 4 is 12.0 Å². The Morgan fingerprint density at radius 3 is 2.46 bits per heavy atom. The molecular weight excluding hydrogens is 474 g/mol. The smallest absolute Gasteiger partial charge is 0.426 e. The molecule has 1 aromatic heterocycles. The van der Waals surface area contributed by atoms with E-state index in [2.05, 4.69) is 64.0 Å². The molecule has 196 valence electrons. The van der Waals surface area contributed by atoms with Crippen LogP contribution in [0, 0.1) is 5.92 Å². The highest BCUT2D eigenvalue weighted by atomic mass is 16.7. The molecule has 1 fully saturated rings. The number of aromatic nitrogens is 2. The van der Waals surface area contributed by atoms with Crippen molar-refractivity contribution in [1.82, 2.24) is 25.7 Å². The standard InChI is InChI=1S/C27H33N5O5/c1-32(2)24(18-9-5-4-6-10-18)19-13-15-20(16-14-19)29-23(33)17-28-26(34)36-27-30-25(31-37-27)21-11-7-8-12-22(21)35-3/h4-12,19-20,24H,13-17H2,1-3H3,(H,28,34)(H,29,33). The summed E-state index contributed by atoms with van der Waals surface area (Å²) in [5.74, 6) is 1.03. The summed E-state index contributed by atoms with van der Waals surface area (Å²) in [5, 5.41) is 9.26. The molecule has 1 atom stereocenters. The number of para-hydroxylation sites is 1. The van der Waals surface area contributed by atoms with Gasteiger partial charge in [-0.3, -0.25) is 9.32 Å². The molecule has 10 nitrogen and oxygen atoms in total. The number of hydrogen-bond acceptors (Lipinski definition) is 8. The number of rotatable bonds is 9. The molecule has 37 heavy (non-hydrogen) atoms. The zero-order valence-electron chi connectivity index (χ0n) is 21.3. The molecule has 2 N–H and O–H groups in total. The van der Waals surface area contributed by atoms with Gasteiger partial charge in [0.05, 0.1) is 12.7 Å². The summed E-state index contributed by atoms with van der Waals surface area (Å²) in [7, 11) is 5.76. The lowest BCUT2D eigenvalue weighted by Crippen LogP contribution is -2.44. The maximum absolute atomic E-state index is 12.4. The van der Waals surface area contributed by atoms with Crippen molar-refractivity contribution in [2.45, 2.75) is 37.8 Å². The Kier molecular flexibility index (Phi) is 8.73. The van der Waals surface area contributed by atoms with Gasteiger partial charge in [0.25, 0.3) is 0 Å². The number of carbonyl (C=O) groups is 2. The van der Waals surface area contributed by atoms with E-state index in [1.54, 1.807) is 18.2 Å². The third-order valence-electron chi connectivity index (χ3n) is 6.61. The molecule has 0 radical (unpaired) electrons. The van der Waals surface area contributed by atoms with Gasteiger partial charge in [0.15, 0.2) is 0 Å². The van der Waals surface area contributed by atoms with Gasteiger partial charge in [0.1, 0.15) is 12.3 Å². The summed E-state index contributed by atoms with van der Waals surface area (Å²) in [6.07, 6.45) is 2.64. The molecular formula is C27H33N5O5. The van der Waals surface area contributed by atoms with Gasteiger partial charge in [-0.2, -0.15) is 4.98 Å². The van der Waals surface area contributed by atoms with Crippen LogP contribution in [-0.4, -0.2) is 60.8 Å². The van der Waals surface area contributed by atoms with Crippen LogP contribution in [0.2, 0.25) is 0 Å². The van der Waals surface area contributed by atoms with Gasteiger partial charge in [-0.05, 0) is 63.4 Å². The van der Waals surface area contributed by atoms with E-state index in [1.807, 2.05) is 12.1 Å². The molecule has 4 rings (SSSR count). The number of methoxy groups -OCH3 is 1. The summed E-state index contributed by atoms with van der Waals surface area (Å²) in [6.45, 7) is -0.212. The molecule has 0 saturated heterocycles. The highest BCUT2D eigenvalue weighted by molar-refractivity contribution is 5.82. The summed E-state index contributed by atoms with van der Waals surface area (Å²) < 4.78 is 15.3. The van der Waals surface area contributed by atoms with E-state index < -0.39 is 6.09 Å². The maximum Gasteiger partial charge on any atom is 0.426 e. The van der Waals surface area contributed by atoms with Gasteiger partial charge in [0, 0.05) is 12.1 Å². The Labute approximate surface area is 216 Å². The lowest BCUT2D eigenvalue weighted by atomic mass is 9.78. The fourth-order valence-electron chi connectivity index (χ4n) is 4.96. The predicted molar refractivity (Wildman–Crippen MR) is 137 cm³/mol. The Hall–Kier alpha value is -3.92. The number of amides is 2. The van der Waals surface area contributed by atoms with Crippen LogP contribution in [0.15, 0.2) is 59.1 Å². The van der Waals surface area contributed by atoms with E-state index in [9.17, 15) is 9.59 Å². The second-order valence-corrected chi connectivity index (χ2v) is 9.33. The Morgan fingerprint density at radius 2 is 1.76 bits per heavy atom. The van der Waals surface area contributed by atoms with Crippen LogP contribution >= 0.6 is 0 Å². The zero-order chi connectivity index (χ0) is 26.2. The van der Waals surface area contributed by atoms with Crippen LogP contribution in [0.4, 0.5) is 4.79 Å². The van der Waals surface area contributed by atoms with Gasteiger partial charge < -0.3 is 25.0 Å². The number of benzene rings is 2. The Balaban J connectivity index is 1.21. The molecule has 0 bridgehead atoms. The van der Waals surface area contributed by atoms with Crippen molar-refractivity contribution in [2.24, 2.45) is 5.92 Å². The summed E-state index contributed by atoms with van der Waals surface area (Å²) in [6, 6.07) is 18.1. The third-order valence-corrected chi connectivity index (χ3v) is 6.61. The van der Waals surface area contributed by atoms with Gasteiger partial charge in [0.2, 0.25) is 11.7 Å². The van der Waals surface area contributed by atoms with Gasteiger partial charge in [-0.25, -0.2) is 4.79 Å². The quantitative estimate of drug-likeness (QED) is 0.449. The normalized spacial score (nSPS) is 18.2. The monoisotopic (exact) mass is 507 g/mol. The first-order valence-corrected chi connectivity index (χ1v) is 12.4. The molecule has 3 aromatic rings. The summed E-state index contributed by atoms with van der Waals surface area (Å²) >= 11 is 0. The lowest BCUT2D eigenvalue weighted by molar-refractivity contribution is -0.121. The molecule has 1 aliphatic carbocycles. The average molecular weight is 508 g/mol. The highest BCUT2D eigenvalue weighted by Crippen LogP contribution is 2.37. The number of nitrogens with zero attached hydrogens (tertiary/aromatic N) is 3. The fraction of sp³-hybridized carbons (Fsp3) is 0.407. The van der Waals surface area contributed by atoms with Crippen molar-refractivity contribution in [1.29, 1.82) is 0 Å². The average Bonchev–Trinajstić information content (AvgIpc) is 3.37. The van der Waals surface area contributed by atoms with Crippen molar-refractivity contribution < 1.29 is 23.6 Å². The number of ether oxygens (including phenoxy) is 2. The molecule has 10 heteroatoms. The van der Waals surface area contributed by atoms with Gasteiger partial charge in [-0.1, -0.05) is 47.6 Å². The number of carbonyl (C=O) groups excluding carboxylic acids is 2. The minimum atomic E-state index is -0.856. The molecule has 1 saturated carbocycles. The minimum absolute atomic E-state index is 0.0829. The largest absolute Gasteiger partial charge is 0.496 e. The first-order chi connectivity index (χ1) is 17.9. The minimum Gasteiger partial charge on any atom is -0.496 e. The fourth-order valence-corrected chi connectivity index (χ4v) is 4.96. The zero-order valence-corrected chi connectivity index (χ0v) is 21.3. The lowest BCUT2D eigenvalue weighted by Gasteiger charge is -2.37. The van der Waals surface area contributed by atoms with Gasteiger partial charge in [-0.15, -0.1) is 0 Å². The molecule has 0 spiro atoms. The Morgan fingerprint density at radius 1 is 1.05 bits per heavy atom. The van der Waals surface area contributed by atoms with Crippen LogP contribution in [0.25, 0.3) is 11.4 Å². The first kappa shape index (κ1) is 26.2. The molecule has 1 unspecified atom stereocenters. The summed E-state index contributed by atoms with van der Waals surface area (Å²) in [5.41, 5.74) is 1.91. The van der Waals surface area contributed by atoms with Crippen LogP contribution in [-0.2, 0) is 4.79 Å². The molecule has 2 aromatic carbocycles. The topological polar surface area (TPSA) is 119 Å². The molecule has 2 amide bonds. The van der Waals surface area contributed by atoms with Gasteiger partial charge >= 0.3 is 12.2 Å². The molecule has 1 heterocycles. The van der Waals surface area contributed by atoms with Crippen LogP contribution < -0.4 is 20.1 Å². The van der Waals surface area contributed by atoms with E-state index in [0.29, 0.717) is 23.3 Å². The van der Waals surface area contributed by atoms with Crippen molar-refractivity contribution in [3.63, 3.8) is 0 Å². The van der Waals surface area contributed by atoms with E-state index >= 15 is 0 Å². The molecule has 1 aliphatic rings. The second-order valence-electron chi connectivity index (χ2n) is 9.33. The molecule has 0 aliphatic heterocycles. The third kappa shape index (κ3) is 6.85. The number of nitrogens with one attached hydrogen (secondary N) is 2. The Bertz CT molecular complexity index is 1170. The van der Waals surface area contributed by atoms with E-state index in [0.717, 1.165) is 25.7 Å². The highest BCUT2D eigenvalue weighted by Gasteiger charge is 2.30. The van der Waals surface area contributed by atoms with Crippen LogP contribution in [0.1, 0.15) is 37.3 Å². The van der Waals surface area contributed by atoms with Crippen molar-refractivity contribution in [3.05, 3.63) is 60.2 Å². The second kappa shape index (κ2) is 12.4. The van der Waals surface area contributed by atoms with Crippen molar-refractivity contribution in [2.75, 3.05) is 27.7 Å². The van der Waals surface area contributed by atoms with Crippen LogP contribution in [0.5, 0.6) is 11.8 Å². The van der Waals surface area contributed by atoms with E-state index in [4.69, 9.17) is 14.0 Å². The van der Waals surface area contributed by atoms with E-state index in [-0.39, 0.29) is 30.4 Å².